The molecule has 0 fully saturated rings. The van der Waals surface area contributed by atoms with Gasteiger partial charge in [-0.2, -0.15) is 9.78 Å². The Kier molecular flexibility index (Phi) is 6.17. The summed E-state index contributed by atoms with van der Waals surface area (Å²) in [6.07, 6.45) is 3.14. The molecule has 2 heterocycles. The minimum Gasteiger partial charge on any atom is -0.306 e. The SMILES string of the molecule is CN(C)S(=O)(=O)c1ccc(Cl)c(C(=O)Nc2cc(C(C)(C)C)nn2-c2ncccn2)c1. The van der Waals surface area contributed by atoms with Gasteiger partial charge >= 0.3 is 0 Å². The van der Waals surface area contributed by atoms with Crippen LogP contribution < -0.4 is 5.32 Å². The van der Waals surface area contributed by atoms with E-state index in [0.717, 1.165) is 4.31 Å². The highest BCUT2D eigenvalue weighted by molar-refractivity contribution is 7.89. The molecule has 0 saturated heterocycles. The lowest BCUT2D eigenvalue weighted by atomic mass is 9.92. The Balaban J connectivity index is 2.04. The molecule has 0 unspecified atom stereocenters. The summed E-state index contributed by atoms with van der Waals surface area (Å²) in [4.78, 5) is 21.4. The number of aromatic nitrogens is 4. The van der Waals surface area contributed by atoms with Crippen molar-refractivity contribution in [1.82, 2.24) is 24.1 Å². The van der Waals surface area contributed by atoms with Crippen LogP contribution in [0.15, 0.2) is 47.6 Å². The van der Waals surface area contributed by atoms with Crippen LogP contribution in [-0.2, 0) is 15.4 Å². The molecular formula is C20H23ClN6O3S. The summed E-state index contributed by atoms with van der Waals surface area (Å²) in [6.45, 7) is 5.97. The van der Waals surface area contributed by atoms with Crippen molar-refractivity contribution in [2.45, 2.75) is 31.1 Å². The number of nitrogens with one attached hydrogen (secondary N) is 1. The fraction of sp³-hybridized carbons (Fsp3) is 0.300. The molecule has 0 aliphatic rings. The summed E-state index contributed by atoms with van der Waals surface area (Å²) in [5, 5.41) is 7.42. The van der Waals surface area contributed by atoms with Gasteiger partial charge in [-0.05, 0) is 24.3 Å². The fourth-order valence-electron chi connectivity index (χ4n) is 2.62. The zero-order chi connectivity index (χ0) is 23.0. The molecule has 0 aliphatic heterocycles. The van der Waals surface area contributed by atoms with E-state index < -0.39 is 15.9 Å². The van der Waals surface area contributed by atoms with Crippen LogP contribution in [-0.4, -0.2) is 52.5 Å². The third-order valence-corrected chi connectivity index (χ3v) is 6.56. The predicted molar refractivity (Wildman–Crippen MR) is 118 cm³/mol. The maximum absolute atomic E-state index is 13.0. The molecule has 11 heteroatoms. The topological polar surface area (TPSA) is 110 Å². The summed E-state index contributed by atoms with van der Waals surface area (Å²) in [5.41, 5.74) is 0.436. The lowest BCUT2D eigenvalue weighted by Crippen LogP contribution is -2.23. The van der Waals surface area contributed by atoms with E-state index >= 15 is 0 Å². The summed E-state index contributed by atoms with van der Waals surface area (Å²) in [7, 11) is -0.906. The Bertz CT molecular complexity index is 1220. The fourth-order valence-corrected chi connectivity index (χ4v) is 3.75. The predicted octanol–water partition coefficient (Wildman–Crippen LogP) is 3.12. The molecule has 2 aromatic heterocycles. The zero-order valence-corrected chi connectivity index (χ0v) is 19.4. The lowest BCUT2D eigenvalue weighted by Gasteiger charge is -2.13. The molecule has 0 bridgehead atoms. The second-order valence-corrected chi connectivity index (χ2v) is 10.6. The van der Waals surface area contributed by atoms with E-state index in [2.05, 4.69) is 20.4 Å². The van der Waals surface area contributed by atoms with Crippen LogP contribution in [0.4, 0.5) is 5.82 Å². The van der Waals surface area contributed by atoms with E-state index in [1.165, 1.54) is 37.0 Å². The Hall–Kier alpha value is -2.82. The Labute approximate surface area is 186 Å². The number of hydrogen-bond acceptors (Lipinski definition) is 6. The summed E-state index contributed by atoms with van der Waals surface area (Å²) in [6, 6.07) is 7.38. The van der Waals surface area contributed by atoms with Crippen LogP contribution in [0.1, 0.15) is 36.8 Å². The molecule has 3 rings (SSSR count). The van der Waals surface area contributed by atoms with Gasteiger partial charge in [0.05, 0.1) is 21.2 Å². The second-order valence-electron chi connectivity index (χ2n) is 8.01. The van der Waals surface area contributed by atoms with Gasteiger partial charge < -0.3 is 5.32 Å². The first-order chi connectivity index (χ1) is 14.4. The van der Waals surface area contributed by atoms with Crippen LogP contribution in [0.3, 0.4) is 0 Å². The monoisotopic (exact) mass is 462 g/mol. The maximum atomic E-state index is 13.0. The van der Waals surface area contributed by atoms with E-state index in [-0.39, 0.29) is 26.8 Å². The van der Waals surface area contributed by atoms with Gasteiger partial charge in [-0.15, -0.1) is 0 Å². The summed E-state index contributed by atoms with van der Waals surface area (Å²) in [5.74, 6) is 0.0275. The van der Waals surface area contributed by atoms with Crippen LogP contribution in [0.5, 0.6) is 0 Å². The van der Waals surface area contributed by atoms with Crippen molar-refractivity contribution in [3.63, 3.8) is 0 Å². The van der Waals surface area contributed by atoms with Crippen molar-refractivity contribution < 1.29 is 13.2 Å². The quantitative estimate of drug-likeness (QED) is 0.623. The number of carbonyl (C=O) groups is 1. The molecule has 3 aromatic rings. The third kappa shape index (κ3) is 4.76. The van der Waals surface area contributed by atoms with E-state index in [1.807, 2.05) is 20.8 Å². The summed E-state index contributed by atoms with van der Waals surface area (Å²) >= 11 is 6.21. The Morgan fingerprint density at radius 1 is 1.13 bits per heavy atom. The van der Waals surface area contributed by atoms with Crippen molar-refractivity contribution in [3.8, 4) is 5.95 Å². The molecule has 0 atom stereocenters. The van der Waals surface area contributed by atoms with E-state index in [4.69, 9.17) is 11.6 Å². The number of halogens is 1. The smallest absolute Gasteiger partial charge is 0.258 e. The number of amides is 1. The number of carbonyl (C=O) groups excluding carboxylic acids is 1. The first-order valence-electron chi connectivity index (χ1n) is 9.32. The van der Waals surface area contributed by atoms with Crippen LogP contribution >= 0.6 is 11.6 Å². The van der Waals surface area contributed by atoms with Gasteiger partial charge in [-0.1, -0.05) is 32.4 Å². The Morgan fingerprint density at radius 2 is 1.77 bits per heavy atom. The van der Waals surface area contributed by atoms with Gasteiger partial charge in [0.2, 0.25) is 10.0 Å². The molecular weight excluding hydrogens is 440 g/mol. The highest BCUT2D eigenvalue weighted by Crippen LogP contribution is 2.27. The van der Waals surface area contributed by atoms with Crippen molar-refractivity contribution in [2.75, 3.05) is 19.4 Å². The molecule has 0 spiro atoms. The average Bonchev–Trinajstić information content (AvgIpc) is 3.13. The number of nitrogens with zero attached hydrogens (tertiary/aromatic N) is 5. The molecule has 1 aromatic carbocycles. The number of sulfonamides is 1. The second kappa shape index (κ2) is 8.37. The highest BCUT2D eigenvalue weighted by Gasteiger charge is 2.24. The molecule has 31 heavy (non-hydrogen) atoms. The molecule has 0 radical (unpaired) electrons. The standard InChI is InChI=1S/C20H23ClN6O3S/c1-20(2,3)16-12-17(27(25-16)19-22-9-6-10-23-19)24-18(28)14-11-13(7-8-15(14)21)31(29,30)26(4)5/h6-12H,1-5H3,(H,24,28). The number of benzene rings is 1. The van der Waals surface area contributed by atoms with Gasteiger partial charge in [0.15, 0.2) is 0 Å². The third-order valence-electron chi connectivity index (χ3n) is 4.42. The van der Waals surface area contributed by atoms with Crippen molar-refractivity contribution in [1.29, 1.82) is 0 Å². The minimum absolute atomic E-state index is 0.0173. The van der Waals surface area contributed by atoms with Crippen molar-refractivity contribution in [2.24, 2.45) is 0 Å². The molecule has 164 valence electrons. The molecule has 1 amide bonds. The van der Waals surface area contributed by atoms with E-state index in [0.29, 0.717) is 11.5 Å². The maximum Gasteiger partial charge on any atom is 0.258 e. The summed E-state index contributed by atoms with van der Waals surface area (Å²) < 4.78 is 27.4. The number of hydrogen-bond donors (Lipinski definition) is 1. The van der Waals surface area contributed by atoms with E-state index in [1.54, 1.807) is 24.5 Å². The minimum atomic E-state index is -3.73. The highest BCUT2D eigenvalue weighted by atomic mass is 35.5. The normalized spacial score (nSPS) is 12.2. The molecule has 0 saturated carbocycles. The van der Waals surface area contributed by atoms with Gasteiger partial charge in [-0.3, -0.25) is 4.79 Å². The van der Waals surface area contributed by atoms with Gasteiger partial charge in [-0.25, -0.2) is 22.7 Å². The van der Waals surface area contributed by atoms with Gasteiger partial charge in [0.1, 0.15) is 5.82 Å². The first-order valence-corrected chi connectivity index (χ1v) is 11.1. The first kappa shape index (κ1) is 22.9. The van der Waals surface area contributed by atoms with Crippen molar-refractivity contribution in [3.05, 3.63) is 59.0 Å². The molecule has 0 aliphatic carbocycles. The van der Waals surface area contributed by atoms with Crippen molar-refractivity contribution >= 4 is 33.3 Å². The van der Waals surface area contributed by atoms with Crippen LogP contribution in [0.2, 0.25) is 5.02 Å². The van der Waals surface area contributed by atoms with E-state index in [9.17, 15) is 13.2 Å². The zero-order valence-electron chi connectivity index (χ0n) is 17.8. The Morgan fingerprint density at radius 3 is 2.35 bits per heavy atom. The van der Waals surface area contributed by atoms with Crippen LogP contribution in [0.25, 0.3) is 5.95 Å². The average molecular weight is 463 g/mol. The largest absolute Gasteiger partial charge is 0.306 e. The van der Waals surface area contributed by atoms with Gasteiger partial charge in [0, 0.05) is 38.0 Å². The molecule has 9 nitrogen and oxygen atoms in total. The van der Waals surface area contributed by atoms with Gasteiger partial charge in [0.25, 0.3) is 11.9 Å². The number of rotatable bonds is 5. The number of anilines is 1. The lowest BCUT2D eigenvalue weighted by molar-refractivity contribution is 0.102. The van der Waals surface area contributed by atoms with Crippen LogP contribution in [0, 0.1) is 0 Å². The molecule has 1 N–H and O–H groups in total.